The lowest BCUT2D eigenvalue weighted by atomic mass is 9.82. The Morgan fingerprint density at radius 2 is 2.29 bits per heavy atom. The number of piperidine rings is 1. The van der Waals surface area contributed by atoms with Crippen molar-refractivity contribution in [2.45, 2.75) is 26.2 Å². The molecule has 2 amide bonds. The summed E-state index contributed by atoms with van der Waals surface area (Å²) >= 11 is 0. The van der Waals surface area contributed by atoms with Crippen molar-refractivity contribution < 1.29 is 14.7 Å². The maximum Gasteiger partial charge on any atom is 0.317 e. The SMILES string of the molecule is Cn1ccc(CCNC(=O)N2CCCC(C)(C(=O)O)C2)n1. The highest BCUT2D eigenvalue weighted by Crippen LogP contribution is 2.29. The number of hydrogen-bond donors (Lipinski definition) is 2. The van der Waals surface area contributed by atoms with Crippen LogP contribution < -0.4 is 5.32 Å². The minimum atomic E-state index is -0.839. The highest BCUT2D eigenvalue weighted by Gasteiger charge is 2.39. The van der Waals surface area contributed by atoms with Crippen LogP contribution in [0, 0.1) is 5.41 Å². The molecule has 1 aromatic heterocycles. The van der Waals surface area contributed by atoms with Crippen LogP contribution >= 0.6 is 0 Å². The Labute approximate surface area is 123 Å². The first kappa shape index (κ1) is 15.3. The number of carbonyl (C=O) groups is 2. The van der Waals surface area contributed by atoms with Crippen molar-refractivity contribution in [2.24, 2.45) is 12.5 Å². The fourth-order valence-corrected chi connectivity index (χ4v) is 2.59. The number of aryl methyl sites for hydroxylation is 1. The van der Waals surface area contributed by atoms with E-state index in [0.29, 0.717) is 25.9 Å². The predicted molar refractivity (Wildman–Crippen MR) is 76.9 cm³/mol. The van der Waals surface area contributed by atoms with E-state index in [-0.39, 0.29) is 12.6 Å². The van der Waals surface area contributed by atoms with E-state index in [0.717, 1.165) is 12.1 Å². The normalized spacial score (nSPS) is 22.1. The average molecular weight is 294 g/mol. The molecule has 1 saturated heterocycles. The molecule has 0 radical (unpaired) electrons. The lowest BCUT2D eigenvalue weighted by Crippen LogP contribution is -2.51. The number of carboxylic acid groups (broad SMARTS) is 1. The molecule has 1 atom stereocenters. The van der Waals surface area contributed by atoms with Crippen molar-refractivity contribution in [2.75, 3.05) is 19.6 Å². The van der Waals surface area contributed by atoms with E-state index in [9.17, 15) is 14.7 Å². The van der Waals surface area contributed by atoms with Crippen LogP contribution in [-0.4, -0.2) is 51.4 Å². The van der Waals surface area contributed by atoms with Gasteiger partial charge < -0.3 is 15.3 Å². The molecule has 0 aromatic carbocycles. The summed E-state index contributed by atoms with van der Waals surface area (Å²) < 4.78 is 1.72. The molecule has 1 aromatic rings. The van der Waals surface area contributed by atoms with Crippen LogP contribution in [-0.2, 0) is 18.3 Å². The summed E-state index contributed by atoms with van der Waals surface area (Å²) in [5.74, 6) is -0.839. The van der Waals surface area contributed by atoms with Gasteiger partial charge in [0.15, 0.2) is 0 Å². The zero-order valence-corrected chi connectivity index (χ0v) is 12.5. The Balaban J connectivity index is 1.81. The second kappa shape index (κ2) is 6.15. The highest BCUT2D eigenvalue weighted by atomic mass is 16.4. The largest absolute Gasteiger partial charge is 0.481 e. The number of nitrogens with zero attached hydrogens (tertiary/aromatic N) is 3. The Kier molecular flexibility index (Phi) is 4.50. The van der Waals surface area contributed by atoms with Gasteiger partial charge in [0.25, 0.3) is 0 Å². The minimum absolute atomic E-state index is 0.196. The number of carboxylic acids is 1. The number of likely N-dealkylation sites (tertiary alicyclic amines) is 1. The number of urea groups is 1. The van der Waals surface area contributed by atoms with Crippen LogP contribution in [0.2, 0.25) is 0 Å². The number of aliphatic carboxylic acids is 1. The third-order valence-corrected chi connectivity index (χ3v) is 3.93. The highest BCUT2D eigenvalue weighted by molar-refractivity contribution is 5.78. The average Bonchev–Trinajstić information content (AvgIpc) is 2.84. The molecular weight excluding hydrogens is 272 g/mol. The monoisotopic (exact) mass is 294 g/mol. The molecule has 2 N–H and O–H groups in total. The molecule has 1 aliphatic rings. The fourth-order valence-electron chi connectivity index (χ4n) is 2.59. The number of aromatic nitrogens is 2. The van der Waals surface area contributed by atoms with Gasteiger partial charge >= 0.3 is 12.0 Å². The number of nitrogens with one attached hydrogen (secondary N) is 1. The summed E-state index contributed by atoms with van der Waals surface area (Å²) in [4.78, 5) is 25.0. The topological polar surface area (TPSA) is 87.5 Å². The molecule has 0 bridgehead atoms. The molecule has 7 nitrogen and oxygen atoms in total. The van der Waals surface area contributed by atoms with E-state index in [1.165, 1.54) is 0 Å². The van der Waals surface area contributed by atoms with Crippen molar-refractivity contribution in [1.82, 2.24) is 20.0 Å². The molecule has 116 valence electrons. The predicted octanol–water partition coefficient (Wildman–Crippen LogP) is 0.859. The second-order valence-corrected chi connectivity index (χ2v) is 5.85. The number of carbonyl (C=O) groups excluding carboxylic acids is 1. The van der Waals surface area contributed by atoms with Gasteiger partial charge in [0.1, 0.15) is 0 Å². The van der Waals surface area contributed by atoms with Crippen molar-refractivity contribution in [1.29, 1.82) is 0 Å². The first-order valence-corrected chi connectivity index (χ1v) is 7.15. The molecular formula is C14H22N4O3. The molecule has 2 rings (SSSR count). The second-order valence-electron chi connectivity index (χ2n) is 5.85. The van der Waals surface area contributed by atoms with E-state index in [2.05, 4.69) is 10.4 Å². The van der Waals surface area contributed by atoms with Gasteiger partial charge in [-0.05, 0) is 25.8 Å². The Hall–Kier alpha value is -2.05. The first-order valence-electron chi connectivity index (χ1n) is 7.15. The molecule has 21 heavy (non-hydrogen) atoms. The molecule has 2 heterocycles. The fraction of sp³-hybridized carbons (Fsp3) is 0.643. The third-order valence-electron chi connectivity index (χ3n) is 3.93. The standard InChI is InChI=1S/C14H22N4O3/c1-14(12(19)20)6-3-8-18(10-14)13(21)15-7-4-11-5-9-17(2)16-11/h5,9H,3-4,6-8,10H2,1-2H3,(H,15,21)(H,19,20). The molecule has 0 saturated carbocycles. The van der Waals surface area contributed by atoms with E-state index in [4.69, 9.17) is 0 Å². The molecule has 7 heteroatoms. The van der Waals surface area contributed by atoms with E-state index >= 15 is 0 Å². The summed E-state index contributed by atoms with van der Waals surface area (Å²) in [6.07, 6.45) is 3.85. The number of amides is 2. The first-order chi connectivity index (χ1) is 9.90. The molecule has 0 spiro atoms. The van der Waals surface area contributed by atoms with Crippen LogP contribution in [0.3, 0.4) is 0 Å². The van der Waals surface area contributed by atoms with Gasteiger partial charge in [-0.1, -0.05) is 0 Å². The summed E-state index contributed by atoms with van der Waals surface area (Å²) in [5.41, 5.74) is 0.0862. The third kappa shape index (κ3) is 3.74. The van der Waals surface area contributed by atoms with Crippen LogP contribution in [0.15, 0.2) is 12.3 Å². The van der Waals surface area contributed by atoms with Crippen LogP contribution in [0.5, 0.6) is 0 Å². The summed E-state index contributed by atoms with van der Waals surface area (Å²) in [6.45, 7) is 3.06. The maximum atomic E-state index is 12.1. The Morgan fingerprint density at radius 1 is 1.52 bits per heavy atom. The van der Waals surface area contributed by atoms with Crippen molar-refractivity contribution in [3.63, 3.8) is 0 Å². The van der Waals surface area contributed by atoms with Gasteiger partial charge in [0.05, 0.1) is 11.1 Å². The molecule has 1 fully saturated rings. The van der Waals surface area contributed by atoms with Gasteiger partial charge in [-0.15, -0.1) is 0 Å². The zero-order valence-electron chi connectivity index (χ0n) is 12.5. The van der Waals surface area contributed by atoms with Gasteiger partial charge in [-0.25, -0.2) is 4.79 Å². The summed E-state index contributed by atoms with van der Waals surface area (Å²) in [6, 6.07) is 1.72. The van der Waals surface area contributed by atoms with Crippen LogP contribution in [0.4, 0.5) is 4.79 Å². The Morgan fingerprint density at radius 3 is 2.90 bits per heavy atom. The van der Waals surface area contributed by atoms with E-state index in [1.807, 2.05) is 19.3 Å². The van der Waals surface area contributed by atoms with Crippen molar-refractivity contribution in [3.8, 4) is 0 Å². The molecule has 1 aliphatic heterocycles. The van der Waals surface area contributed by atoms with Gasteiger partial charge in [0.2, 0.25) is 0 Å². The van der Waals surface area contributed by atoms with Crippen molar-refractivity contribution in [3.05, 3.63) is 18.0 Å². The number of rotatable bonds is 4. The van der Waals surface area contributed by atoms with Gasteiger partial charge in [-0.3, -0.25) is 9.48 Å². The number of hydrogen-bond acceptors (Lipinski definition) is 3. The van der Waals surface area contributed by atoms with Gasteiger partial charge in [0, 0.05) is 39.3 Å². The van der Waals surface area contributed by atoms with Crippen molar-refractivity contribution >= 4 is 12.0 Å². The summed E-state index contributed by atoms with van der Waals surface area (Å²) in [7, 11) is 1.85. The van der Waals surface area contributed by atoms with E-state index < -0.39 is 11.4 Å². The smallest absolute Gasteiger partial charge is 0.317 e. The van der Waals surface area contributed by atoms with Gasteiger partial charge in [-0.2, -0.15) is 5.10 Å². The lowest BCUT2D eigenvalue weighted by molar-refractivity contribution is -0.150. The summed E-state index contributed by atoms with van der Waals surface area (Å²) in [5, 5.41) is 16.3. The molecule has 1 unspecified atom stereocenters. The van der Waals surface area contributed by atoms with E-state index in [1.54, 1.807) is 16.5 Å². The quantitative estimate of drug-likeness (QED) is 0.862. The molecule has 0 aliphatic carbocycles. The zero-order chi connectivity index (χ0) is 15.5. The Bertz CT molecular complexity index is 528. The maximum absolute atomic E-state index is 12.1. The minimum Gasteiger partial charge on any atom is -0.481 e. The van der Waals surface area contributed by atoms with Crippen LogP contribution in [0.25, 0.3) is 0 Å². The lowest BCUT2D eigenvalue weighted by Gasteiger charge is -2.37. The van der Waals surface area contributed by atoms with Crippen LogP contribution in [0.1, 0.15) is 25.5 Å².